The van der Waals surface area contributed by atoms with Crippen molar-refractivity contribution in [2.75, 3.05) is 11.5 Å². The summed E-state index contributed by atoms with van der Waals surface area (Å²) in [5.74, 6) is 1.40. The molecular formula is C31H25N9O3. The predicted molar refractivity (Wildman–Crippen MR) is 160 cm³/mol. The van der Waals surface area contributed by atoms with Crippen LogP contribution in [0.3, 0.4) is 0 Å². The second kappa shape index (κ2) is 10.1. The number of carbonyl (C=O) groups is 2. The number of aryl methyl sites for hydroxylation is 1. The Morgan fingerprint density at radius 2 is 1.93 bits per heavy atom. The molecule has 1 atom stereocenters. The van der Waals surface area contributed by atoms with Gasteiger partial charge in [-0.3, -0.25) is 14.2 Å². The number of nitrogens with one attached hydrogen (secondary N) is 1. The molecule has 0 bridgehead atoms. The predicted octanol–water partition coefficient (Wildman–Crippen LogP) is 3.77. The van der Waals surface area contributed by atoms with Crippen LogP contribution in [0.2, 0.25) is 0 Å². The number of anilines is 2. The van der Waals surface area contributed by atoms with E-state index in [1.165, 1.54) is 18.2 Å². The van der Waals surface area contributed by atoms with Crippen LogP contribution in [-0.2, 0) is 6.42 Å². The van der Waals surface area contributed by atoms with E-state index in [4.69, 9.17) is 21.4 Å². The molecule has 4 aromatic heterocycles. The fraction of sp³-hybridized carbons (Fsp3) is 0.0968. The zero-order valence-electron chi connectivity index (χ0n) is 22.7. The summed E-state index contributed by atoms with van der Waals surface area (Å²) in [6, 6.07) is 19.1. The number of rotatable bonds is 6. The van der Waals surface area contributed by atoms with Gasteiger partial charge in [-0.1, -0.05) is 6.07 Å². The topological polar surface area (TPSA) is 180 Å². The second-order valence-electron chi connectivity index (χ2n) is 10.2. The Hall–Kier alpha value is -6.04. The molecule has 7 rings (SSSR count). The van der Waals surface area contributed by atoms with Crippen LogP contribution in [0, 0.1) is 0 Å². The number of amides is 1. The van der Waals surface area contributed by atoms with Crippen LogP contribution in [0.15, 0.2) is 79.1 Å². The number of hydrogen-bond donors (Lipinski definition) is 4. The normalized spacial score (nSPS) is 14.1. The monoisotopic (exact) mass is 571 g/mol. The zero-order chi connectivity index (χ0) is 29.7. The maximum atomic E-state index is 13.0. The molecular weight excluding hydrogens is 546 g/mol. The minimum atomic E-state index is -0.323. The Bertz CT molecular complexity index is 2060. The summed E-state index contributed by atoms with van der Waals surface area (Å²) in [6.07, 6.45) is 5.34. The molecule has 1 aliphatic carbocycles. The fourth-order valence-electron chi connectivity index (χ4n) is 5.50. The number of imidazole rings is 1. The average Bonchev–Trinajstić information content (AvgIpc) is 3.73. The van der Waals surface area contributed by atoms with Crippen molar-refractivity contribution >= 4 is 35.0 Å². The number of fused-ring (bicyclic) bond motifs is 2. The number of nitrogen functional groups attached to an aromatic ring is 2. The number of aromatic nitrogens is 6. The van der Waals surface area contributed by atoms with Gasteiger partial charge in [-0.05, 0) is 78.6 Å². The maximum Gasteiger partial charge on any atom is 0.251 e. The van der Waals surface area contributed by atoms with Gasteiger partial charge in [0.1, 0.15) is 22.9 Å². The molecule has 0 saturated carbocycles. The molecule has 43 heavy (non-hydrogen) atoms. The third kappa shape index (κ3) is 4.50. The summed E-state index contributed by atoms with van der Waals surface area (Å²) < 4.78 is 3.55. The molecule has 0 aliphatic heterocycles. The lowest BCUT2D eigenvalue weighted by atomic mass is 10.1. The van der Waals surface area contributed by atoms with Crippen molar-refractivity contribution in [3.05, 3.63) is 101 Å². The van der Waals surface area contributed by atoms with Gasteiger partial charge < -0.3 is 21.9 Å². The first-order valence-electron chi connectivity index (χ1n) is 13.5. The number of nitrogens with zero attached hydrogens (tertiary/aromatic N) is 6. The van der Waals surface area contributed by atoms with Gasteiger partial charge in [-0.15, -0.1) is 5.10 Å². The molecule has 212 valence electrons. The minimum Gasteiger partial charge on any atom is -0.507 e. The molecule has 6 N–H and O–H groups in total. The first kappa shape index (κ1) is 25.9. The number of phenolic OH excluding ortho intramolecular Hbond substituents is 1. The summed E-state index contributed by atoms with van der Waals surface area (Å²) in [5, 5.41) is 17.1. The van der Waals surface area contributed by atoms with Crippen LogP contribution in [0.4, 0.5) is 11.6 Å². The molecule has 2 aromatic carbocycles. The standard InChI is InChI=1S/C31H25N9O3/c32-26-11-13-39(38-26)27-10-8-24-30(37-27)40(29(35-24)22-2-1-12-34-28(22)33)20-5-6-21-17(15-20)3-7-23(21)36-31(43)18-4-9-25(42)19(14-18)16-41/h1-2,4-6,8-16,23,42H,3,7H2,(H2,32,38)(H2,33,34)(H,36,43)/t23-/m0/s1. The van der Waals surface area contributed by atoms with Crippen LogP contribution < -0.4 is 16.8 Å². The molecule has 0 radical (unpaired) electrons. The summed E-state index contributed by atoms with van der Waals surface area (Å²) in [4.78, 5) is 38.3. The van der Waals surface area contributed by atoms with E-state index >= 15 is 0 Å². The van der Waals surface area contributed by atoms with Gasteiger partial charge in [-0.2, -0.15) is 0 Å². The molecule has 0 unspecified atom stereocenters. The zero-order valence-corrected chi connectivity index (χ0v) is 22.7. The van der Waals surface area contributed by atoms with E-state index in [-0.39, 0.29) is 23.3 Å². The van der Waals surface area contributed by atoms with E-state index in [0.717, 1.165) is 23.2 Å². The Kier molecular flexibility index (Phi) is 6.08. The van der Waals surface area contributed by atoms with E-state index in [1.54, 1.807) is 23.1 Å². The summed E-state index contributed by atoms with van der Waals surface area (Å²) in [6.45, 7) is 0. The quantitative estimate of drug-likeness (QED) is 0.216. The molecule has 6 aromatic rings. The highest BCUT2D eigenvalue weighted by molar-refractivity contribution is 5.96. The lowest BCUT2D eigenvalue weighted by Crippen LogP contribution is -2.27. The van der Waals surface area contributed by atoms with Crippen LogP contribution in [-0.4, -0.2) is 46.6 Å². The van der Waals surface area contributed by atoms with Crippen LogP contribution in [0.25, 0.3) is 34.1 Å². The van der Waals surface area contributed by atoms with Crippen molar-refractivity contribution in [3.63, 3.8) is 0 Å². The second-order valence-corrected chi connectivity index (χ2v) is 10.2. The van der Waals surface area contributed by atoms with Gasteiger partial charge in [0, 0.05) is 29.7 Å². The number of carbonyl (C=O) groups excluding carboxylic acids is 2. The molecule has 4 heterocycles. The van der Waals surface area contributed by atoms with Crippen molar-refractivity contribution < 1.29 is 14.7 Å². The number of aldehydes is 1. The highest BCUT2D eigenvalue weighted by Gasteiger charge is 2.26. The Balaban J connectivity index is 1.29. The smallest absolute Gasteiger partial charge is 0.251 e. The highest BCUT2D eigenvalue weighted by Crippen LogP contribution is 2.36. The average molecular weight is 572 g/mol. The Morgan fingerprint density at radius 1 is 1.05 bits per heavy atom. The van der Waals surface area contributed by atoms with Crippen molar-refractivity contribution in [2.24, 2.45) is 0 Å². The van der Waals surface area contributed by atoms with E-state index in [0.29, 0.717) is 58.3 Å². The third-order valence-electron chi connectivity index (χ3n) is 7.60. The van der Waals surface area contributed by atoms with Gasteiger partial charge in [0.2, 0.25) is 0 Å². The van der Waals surface area contributed by atoms with Gasteiger partial charge in [-0.25, -0.2) is 19.6 Å². The fourth-order valence-corrected chi connectivity index (χ4v) is 5.50. The summed E-state index contributed by atoms with van der Waals surface area (Å²) in [5.41, 5.74) is 17.3. The van der Waals surface area contributed by atoms with Gasteiger partial charge in [0.05, 0.1) is 17.2 Å². The molecule has 0 spiro atoms. The lowest BCUT2D eigenvalue weighted by Gasteiger charge is -2.16. The number of pyridine rings is 2. The number of nitrogens with two attached hydrogens (primary N) is 2. The number of phenols is 1. The number of benzene rings is 2. The van der Waals surface area contributed by atoms with E-state index in [2.05, 4.69) is 21.5 Å². The maximum absolute atomic E-state index is 13.0. The first-order chi connectivity index (χ1) is 20.9. The molecule has 12 nitrogen and oxygen atoms in total. The minimum absolute atomic E-state index is 0.0644. The van der Waals surface area contributed by atoms with Crippen molar-refractivity contribution in [2.45, 2.75) is 18.9 Å². The van der Waals surface area contributed by atoms with Crippen LogP contribution >= 0.6 is 0 Å². The summed E-state index contributed by atoms with van der Waals surface area (Å²) >= 11 is 0. The number of hydrogen-bond acceptors (Lipinski definition) is 9. The summed E-state index contributed by atoms with van der Waals surface area (Å²) in [7, 11) is 0. The van der Waals surface area contributed by atoms with Crippen molar-refractivity contribution in [3.8, 4) is 28.6 Å². The van der Waals surface area contributed by atoms with Gasteiger partial charge in [0.15, 0.2) is 23.6 Å². The van der Waals surface area contributed by atoms with Gasteiger partial charge >= 0.3 is 0 Å². The molecule has 12 heteroatoms. The molecule has 0 fully saturated rings. The van der Waals surface area contributed by atoms with E-state index < -0.39 is 0 Å². The Labute approximate surface area is 244 Å². The SMILES string of the molecule is Nc1ccn(-c2ccc3nc(-c4cccnc4N)n(-c4ccc5c(c4)CC[C@@H]5NC(=O)c4ccc(O)c(C=O)c4)c3n2)n1. The van der Waals surface area contributed by atoms with Crippen molar-refractivity contribution in [1.29, 1.82) is 0 Å². The molecule has 0 saturated heterocycles. The van der Waals surface area contributed by atoms with Crippen molar-refractivity contribution in [1.82, 2.24) is 34.6 Å². The molecule has 1 amide bonds. The lowest BCUT2D eigenvalue weighted by molar-refractivity contribution is 0.0936. The van der Waals surface area contributed by atoms with Gasteiger partial charge in [0.25, 0.3) is 5.91 Å². The Morgan fingerprint density at radius 3 is 2.72 bits per heavy atom. The van der Waals surface area contributed by atoms with E-state index in [9.17, 15) is 14.7 Å². The molecule has 1 aliphatic rings. The van der Waals surface area contributed by atoms with E-state index in [1.807, 2.05) is 41.0 Å². The van der Waals surface area contributed by atoms with Crippen LogP contribution in [0.5, 0.6) is 5.75 Å². The highest BCUT2D eigenvalue weighted by atomic mass is 16.3. The third-order valence-corrected chi connectivity index (χ3v) is 7.60. The largest absolute Gasteiger partial charge is 0.507 e. The number of aromatic hydroxyl groups is 1. The first-order valence-corrected chi connectivity index (χ1v) is 13.5. The van der Waals surface area contributed by atoms with Crippen LogP contribution in [0.1, 0.15) is 44.3 Å².